The number of rotatable bonds is 8. The van der Waals surface area contributed by atoms with Gasteiger partial charge in [-0.15, -0.1) is 22.9 Å². The summed E-state index contributed by atoms with van der Waals surface area (Å²) in [4.78, 5) is 5.74. The van der Waals surface area contributed by atoms with Crippen molar-refractivity contribution < 1.29 is 13.2 Å². The van der Waals surface area contributed by atoms with Gasteiger partial charge in [-0.05, 0) is 32.4 Å². The molecule has 0 N–H and O–H groups in total. The lowest BCUT2D eigenvalue weighted by atomic mass is 10.2. The second-order valence-corrected chi connectivity index (χ2v) is 5.52. The van der Waals surface area contributed by atoms with Crippen LogP contribution in [0.1, 0.15) is 30.5 Å². The molecule has 0 saturated carbocycles. The Hall–Kier alpha value is -0.330. The minimum Gasteiger partial charge on any atom is -0.295 e. The van der Waals surface area contributed by atoms with Crippen LogP contribution in [0.5, 0.6) is 0 Å². The molecule has 0 fully saturated rings. The van der Waals surface area contributed by atoms with Crippen molar-refractivity contribution in [1.82, 2.24) is 9.88 Å². The third-order valence-electron chi connectivity index (χ3n) is 2.70. The molecule has 0 radical (unpaired) electrons. The smallest absolute Gasteiger partial charge is 0.295 e. The molecule has 1 rings (SSSR count). The average Bonchev–Trinajstić information content (AvgIpc) is 2.79. The van der Waals surface area contributed by atoms with Crippen LogP contribution in [0, 0.1) is 0 Å². The highest BCUT2D eigenvalue weighted by atomic mass is 35.5. The number of unbranched alkanes of at least 4 members (excludes halogenated alkanes) is 1. The molecule has 0 aromatic carbocycles. The Balaban J connectivity index is 2.21. The summed E-state index contributed by atoms with van der Waals surface area (Å²) in [7, 11) is 0. The molecule has 1 heterocycles. The molecule has 0 aliphatic carbocycles. The first-order valence-corrected chi connectivity index (χ1v) is 7.64. The van der Waals surface area contributed by atoms with E-state index in [0.29, 0.717) is 19.0 Å². The molecule has 0 unspecified atom stereocenters. The molecule has 2 nitrogen and oxygen atoms in total. The highest BCUT2D eigenvalue weighted by Gasteiger charge is 2.29. The highest BCUT2D eigenvalue weighted by molar-refractivity contribution is 7.09. The van der Waals surface area contributed by atoms with E-state index in [1.54, 1.807) is 18.3 Å². The summed E-state index contributed by atoms with van der Waals surface area (Å²) >= 11 is 7.21. The summed E-state index contributed by atoms with van der Waals surface area (Å²) in [5, 5.41) is 2.93. The van der Waals surface area contributed by atoms with E-state index in [-0.39, 0.29) is 0 Å². The molecular weight excluding hydrogens is 297 g/mol. The Bertz CT molecular complexity index is 368. The minimum absolute atomic E-state index is 0.408. The Morgan fingerprint density at radius 2 is 2.11 bits per heavy atom. The first-order valence-electron chi connectivity index (χ1n) is 6.23. The summed E-state index contributed by atoms with van der Waals surface area (Å²) in [6.07, 6.45) is -1.70. The summed E-state index contributed by atoms with van der Waals surface area (Å²) < 4.78 is 36.7. The van der Waals surface area contributed by atoms with E-state index in [4.69, 9.17) is 11.6 Å². The molecule has 0 aliphatic heterocycles. The van der Waals surface area contributed by atoms with E-state index in [1.807, 2.05) is 5.38 Å². The lowest BCUT2D eigenvalue weighted by Gasteiger charge is -2.21. The minimum atomic E-state index is -4.11. The van der Waals surface area contributed by atoms with Crippen LogP contribution in [0.2, 0.25) is 0 Å². The van der Waals surface area contributed by atoms with Crippen molar-refractivity contribution >= 4 is 22.9 Å². The van der Waals surface area contributed by atoms with Gasteiger partial charge in [0.05, 0.1) is 23.1 Å². The van der Waals surface area contributed by atoms with Gasteiger partial charge in [0.15, 0.2) is 0 Å². The van der Waals surface area contributed by atoms with Gasteiger partial charge in [-0.1, -0.05) is 6.92 Å². The van der Waals surface area contributed by atoms with Gasteiger partial charge in [0.1, 0.15) is 0 Å². The Morgan fingerprint density at radius 1 is 1.37 bits per heavy atom. The van der Waals surface area contributed by atoms with Crippen LogP contribution < -0.4 is 0 Å². The second-order valence-electron chi connectivity index (χ2n) is 4.31. The third kappa shape index (κ3) is 7.13. The van der Waals surface area contributed by atoms with Crippen LogP contribution in [0.15, 0.2) is 5.38 Å². The van der Waals surface area contributed by atoms with E-state index in [9.17, 15) is 13.2 Å². The number of nitrogens with zero attached hydrogens (tertiary/aromatic N) is 2. The average molecular weight is 315 g/mol. The van der Waals surface area contributed by atoms with Crippen LogP contribution in [0.25, 0.3) is 0 Å². The van der Waals surface area contributed by atoms with Crippen LogP contribution in [-0.2, 0) is 12.3 Å². The normalized spacial score (nSPS) is 12.3. The van der Waals surface area contributed by atoms with Crippen LogP contribution in [-0.4, -0.2) is 35.7 Å². The SMILES string of the molecule is CCN(CCCCc1nc(CCl)cs1)CC(F)(F)F. The Morgan fingerprint density at radius 3 is 2.63 bits per heavy atom. The number of halogens is 4. The maximum Gasteiger partial charge on any atom is 0.401 e. The Kier molecular flexibility index (Phi) is 7.10. The van der Waals surface area contributed by atoms with Gasteiger partial charge >= 0.3 is 6.18 Å². The van der Waals surface area contributed by atoms with E-state index >= 15 is 0 Å². The predicted molar refractivity (Wildman–Crippen MR) is 72.8 cm³/mol. The largest absolute Gasteiger partial charge is 0.401 e. The maximum absolute atomic E-state index is 12.2. The summed E-state index contributed by atoms with van der Waals surface area (Å²) in [6, 6.07) is 0. The van der Waals surface area contributed by atoms with E-state index < -0.39 is 12.7 Å². The molecule has 0 bridgehead atoms. The van der Waals surface area contributed by atoms with Crippen LogP contribution >= 0.6 is 22.9 Å². The van der Waals surface area contributed by atoms with Gasteiger partial charge in [-0.3, -0.25) is 4.90 Å². The van der Waals surface area contributed by atoms with Gasteiger partial charge in [0.2, 0.25) is 0 Å². The number of aryl methyl sites for hydroxylation is 1. The van der Waals surface area contributed by atoms with Gasteiger partial charge < -0.3 is 0 Å². The standard InChI is InChI=1S/C12H18ClF3N2S/c1-2-18(9-12(14,15)16)6-4-3-5-11-17-10(7-13)8-19-11/h8H,2-7,9H2,1H3. The van der Waals surface area contributed by atoms with Crippen molar-refractivity contribution in [1.29, 1.82) is 0 Å². The molecule has 1 aromatic heterocycles. The number of alkyl halides is 4. The molecule has 0 amide bonds. The zero-order valence-electron chi connectivity index (χ0n) is 10.8. The fourth-order valence-electron chi connectivity index (χ4n) is 1.74. The fraction of sp³-hybridized carbons (Fsp3) is 0.750. The number of hydrogen-bond acceptors (Lipinski definition) is 3. The third-order valence-corrected chi connectivity index (χ3v) is 3.93. The molecular formula is C12H18ClF3N2S. The first-order chi connectivity index (χ1) is 8.94. The molecule has 19 heavy (non-hydrogen) atoms. The monoisotopic (exact) mass is 314 g/mol. The zero-order chi connectivity index (χ0) is 14.3. The molecule has 0 atom stereocenters. The summed E-state index contributed by atoms with van der Waals surface area (Å²) in [6.45, 7) is 1.83. The second kappa shape index (κ2) is 8.07. The van der Waals surface area contributed by atoms with Crippen molar-refractivity contribution in [2.75, 3.05) is 19.6 Å². The van der Waals surface area contributed by atoms with Crippen molar-refractivity contribution in [2.24, 2.45) is 0 Å². The lowest BCUT2D eigenvalue weighted by Crippen LogP contribution is -2.34. The molecule has 110 valence electrons. The van der Waals surface area contributed by atoms with Crippen molar-refractivity contribution in [3.05, 3.63) is 16.1 Å². The van der Waals surface area contributed by atoms with Crippen LogP contribution in [0.4, 0.5) is 13.2 Å². The molecule has 0 aliphatic rings. The number of hydrogen-bond donors (Lipinski definition) is 0. The summed E-state index contributed by atoms with van der Waals surface area (Å²) in [5.74, 6) is 0.408. The predicted octanol–water partition coefficient (Wildman–Crippen LogP) is 4.09. The van der Waals surface area contributed by atoms with E-state index in [0.717, 1.165) is 30.0 Å². The van der Waals surface area contributed by atoms with Gasteiger partial charge in [-0.2, -0.15) is 13.2 Å². The molecule has 1 aromatic rings. The first kappa shape index (κ1) is 16.7. The lowest BCUT2D eigenvalue weighted by molar-refractivity contribution is -0.145. The van der Waals surface area contributed by atoms with Gasteiger partial charge in [0, 0.05) is 5.38 Å². The number of aromatic nitrogens is 1. The highest BCUT2D eigenvalue weighted by Crippen LogP contribution is 2.17. The molecule has 0 spiro atoms. The summed E-state index contributed by atoms with van der Waals surface area (Å²) in [5.41, 5.74) is 0.869. The fourth-order valence-corrected chi connectivity index (χ4v) is 2.81. The maximum atomic E-state index is 12.2. The van der Waals surface area contributed by atoms with E-state index in [1.165, 1.54) is 4.90 Å². The Labute approximate surface area is 120 Å². The van der Waals surface area contributed by atoms with Gasteiger partial charge in [-0.25, -0.2) is 4.98 Å². The number of thiazole rings is 1. The van der Waals surface area contributed by atoms with Crippen molar-refractivity contribution in [2.45, 2.75) is 38.2 Å². The van der Waals surface area contributed by atoms with Gasteiger partial charge in [0.25, 0.3) is 0 Å². The zero-order valence-corrected chi connectivity index (χ0v) is 12.4. The van der Waals surface area contributed by atoms with Crippen molar-refractivity contribution in [3.8, 4) is 0 Å². The quantitative estimate of drug-likeness (QED) is 0.531. The molecule has 0 saturated heterocycles. The topological polar surface area (TPSA) is 16.1 Å². The van der Waals surface area contributed by atoms with Crippen molar-refractivity contribution in [3.63, 3.8) is 0 Å². The van der Waals surface area contributed by atoms with Crippen LogP contribution in [0.3, 0.4) is 0 Å². The van der Waals surface area contributed by atoms with E-state index in [2.05, 4.69) is 4.98 Å². The molecule has 7 heteroatoms.